The molecule has 0 heterocycles. The number of hydrogen-bond acceptors (Lipinski definition) is 6. The molecule has 0 radical (unpaired) electrons. The van der Waals surface area contributed by atoms with E-state index in [1.54, 1.807) is 0 Å². The summed E-state index contributed by atoms with van der Waals surface area (Å²) in [6, 6.07) is 5.43. The van der Waals surface area contributed by atoms with Crippen LogP contribution in [0, 0.1) is 0 Å². The normalized spacial score (nSPS) is 10.2. The number of carbonyl (C=O) groups excluding carboxylic acids is 1. The average Bonchev–Trinajstić information content (AvgIpc) is 2.33. The van der Waals surface area contributed by atoms with E-state index >= 15 is 0 Å². The maximum absolute atomic E-state index is 10.9. The van der Waals surface area contributed by atoms with Gasteiger partial charge in [0, 0.05) is 6.08 Å². The number of esters is 1. The second-order valence-corrected chi connectivity index (χ2v) is 4.47. The summed E-state index contributed by atoms with van der Waals surface area (Å²) in [6.45, 7) is 3.07. The summed E-state index contributed by atoms with van der Waals surface area (Å²) in [5.74, 6) is -0.675. The van der Waals surface area contributed by atoms with Crippen LogP contribution in [0.5, 0.6) is 5.75 Å². The smallest absolute Gasteiger partial charge is 0.744 e. The molecule has 6 nitrogen and oxygen atoms in total. The zero-order valence-electron chi connectivity index (χ0n) is 10.4. The number of benzene rings is 1. The van der Waals surface area contributed by atoms with E-state index in [1.807, 2.05) is 0 Å². The van der Waals surface area contributed by atoms with Gasteiger partial charge in [0.15, 0.2) is 0 Å². The van der Waals surface area contributed by atoms with E-state index in [9.17, 15) is 17.8 Å². The largest absolute Gasteiger partial charge is 1.00 e. The Balaban J connectivity index is 0.00000324. The van der Waals surface area contributed by atoms with E-state index in [4.69, 9.17) is 4.74 Å². The summed E-state index contributed by atoms with van der Waals surface area (Å²) < 4.78 is 42.4. The average molecular weight is 310 g/mol. The first-order chi connectivity index (χ1) is 8.45. The minimum Gasteiger partial charge on any atom is -0.744 e. The topological polar surface area (TPSA) is 92.7 Å². The van der Waals surface area contributed by atoms with Crippen LogP contribution in [-0.2, 0) is 19.6 Å². The van der Waals surface area contributed by atoms with Crippen LogP contribution in [-0.4, -0.2) is 32.2 Å². The Labute approximate surface area is 154 Å². The van der Waals surface area contributed by atoms with E-state index < -0.39 is 21.0 Å². The summed E-state index contributed by atoms with van der Waals surface area (Å²) in [6.07, 6.45) is 0.996. The Bertz CT molecular complexity index is 540. The number of carbonyl (C=O) groups is 1. The predicted octanol–water partition coefficient (Wildman–Crippen LogP) is -2.30. The Hall–Kier alpha value is -0.224. The van der Waals surface area contributed by atoms with Gasteiger partial charge in [-0.1, -0.05) is 18.7 Å². The molecule has 0 bridgehead atoms. The molecule has 0 atom stereocenters. The third-order valence-electron chi connectivity index (χ3n) is 1.87. The minimum absolute atomic E-state index is 0. The summed E-state index contributed by atoms with van der Waals surface area (Å²) in [4.78, 5) is 10.3. The van der Waals surface area contributed by atoms with Crippen LogP contribution in [0.15, 0.2) is 41.8 Å². The predicted molar refractivity (Wildman–Crippen MR) is 61.1 cm³/mol. The summed E-state index contributed by atoms with van der Waals surface area (Å²) >= 11 is 0. The third kappa shape index (κ3) is 6.66. The molecule has 98 valence electrons. The molecule has 0 saturated heterocycles. The van der Waals surface area contributed by atoms with Gasteiger partial charge in [-0.15, -0.1) is 0 Å². The van der Waals surface area contributed by atoms with E-state index in [2.05, 4.69) is 11.3 Å². The van der Waals surface area contributed by atoms with Crippen molar-refractivity contribution in [2.24, 2.45) is 0 Å². The van der Waals surface area contributed by atoms with Crippen molar-refractivity contribution in [3.63, 3.8) is 0 Å². The van der Waals surface area contributed by atoms with Crippen molar-refractivity contribution in [3.8, 4) is 5.75 Å². The first-order valence-corrected chi connectivity index (χ1v) is 6.33. The molecule has 0 unspecified atom stereocenters. The minimum atomic E-state index is -4.59. The fourth-order valence-corrected chi connectivity index (χ4v) is 1.75. The van der Waals surface area contributed by atoms with E-state index in [0.29, 0.717) is 0 Å². The van der Waals surface area contributed by atoms with Gasteiger partial charge in [0.05, 0.1) is 4.90 Å². The summed E-state index contributed by atoms with van der Waals surface area (Å²) in [7, 11) is -4.59. The second-order valence-electron chi connectivity index (χ2n) is 3.12. The standard InChI is InChI=1S/C11H12O6S.K/c1-2-11(12)17-8-7-16-9-5-3-4-6-10(9)18(13,14)15;/h2-6H,1,7-8H2,(H,13,14,15);/q;+1/p-1. The Morgan fingerprint density at radius 1 is 1.32 bits per heavy atom. The molecule has 1 rings (SSSR count). The van der Waals surface area contributed by atoms with Gasteiger partial charge in [0.25, 0.3) is 0 Å². The molecule has 0 aromatic heterocycles. The van der Waals surface area contributed by atoms with Gasteiger partial charge in [-0.2, -0.15) is 0 Å². The number of ether oxygens (including phenoxy) is 2. The number of rotatable bonds is 6. The second kappa shape index (κ2) is 8.85. The molecular weight excluding hydrogens is 299 g/mol. The number of hydrogen-bond donors (Lipinski definition) is 0. The molecular formula is C11H11KO6S. The first kappa shape index (κ1) is 18.8. The van der Waals surface area contributed by atoms with Gasteiger partial charge in [-0.25, -0.2) is 13.2 Å². The molecule has 1 aromatic carbocycles. The third-order valence-corrected chi connectivity index (χ3v) is 2.75. The van der Waals surface area contributed by atoms with Gasteiger partial charge in [-0.3, -0.25) is 0 Å². The maximum Gasteiger partial charge on any atom is 1.00 e. The van der Waals surface area contributed by atoms with Gasteiger partial charge >= 0.3 is 57.4 Å². The van der Waals surface area contributed by atoms with Crippen LogP contribution in [0.3, 0.4) is 0 Å². The van der Waals surface area contributed by atoms with Gasteiger partial charge in [-0.05, 0) is 12.1 Å². The fraction of sp³-hybridized carbons (Fsp3) is 0.182. The molecule has 0 fully saturated rings. The molecule has 0 N–H and O–H groups in total. The molecule has 8 heteroatoms. The van der Waals surface area contributed by atoms with Crippen LogP contribution in [0.4, 0.5) is 0 Å². The molecule has 0 aliphatic rings. The molecule has 0 aliphatic carbocycles. The van der Waals surface area contributed by atoms with Gasteiger partial charge < -0.3 is 14.0 Å². The first-order valence-electron chi connectivity index (χ1n) is 4.92. The Morgan fingerprint density at radius 2 is 1.95 bits per heavy atom. The molecule has 0 aliphatic heterocycles. The van der Waals surface area contributed by atoms with Crippen molar-refractivity contribution in [2.45, 2.75) is 4.90 Å². The van der Waals surface area contributed by atoms with E-state index in [1.165, 1.54) is 18.2 Å². The van der Waals surface area contributed by atoms with E-state index in [0.717, 1.165) is 12.1 Å². The van der Waals surface area contributed by atoms with Crippen LogP contribution in [0.2, 0.25) is 0 Å². The van der Waals surface area contributed by atoms with Crippen molar-refractivity contribution >= 4 is 16.1 Å². The molecule has 0 saturated carbocycles. The summed E-state index contributed by atoms with van der Waals surface area (Å²) in [5.41, 5.74) is 0. The Morgan fingerprint density at radius 3 is 2.53 bits per heavy atom. The Kier molecular flexibility index (Phi) is 8.75. The van der Waals surface area contributed by atoms with Gasteiger partial charge in [0.2, 0.25) is 0 Å². The van der Waals surface area contributed by atoms with Crippen molar-refractivity contribution < 1.29 is 78.6 Å². The fourth-order valence-electron chi connectivity index (χ4n) is 1.13. The number of para-hydroxylation sites is 1. The monoisotopic (exact) mass is 310 g/mol. The van der Waals surface area contributed by atoms with Crippen LogP contribution < -0.4 is 56.1 Å². The quantitative estimate of drug-likeness (QED) is 0.193. The molecule has 1 aromatic rings. The zero-order chi connectivity index (χ0) is 13.6. The van der Waals surface area contributed by atoms with Crippen LogP contribution in [0.25, 0.3) is 0 Å². The maximum atomic E-state index is 10.9. The van der Waals surface area contributed by atoms with Crippen molar-refractivity contribution in [3.05, 3.63) is 36.9 Å². The van der Waals surface area contributed by atoms with Gasteiger partial charge in [0.1, 0.15) is 29.1 Å². The summed E-state index contributed by atoms with van der Waals surface area (Å²) in [5, 5.41) is 0. The van der Waals surface area contributed by atoms with Crippen LogP contribution >= 0.6 is 0 Å². The van der Waals surface area contributed by atoms with Crippen molar-refractivity contribution in [1.29, 1.82) is 0 Å². The zero-order valence-corrected chi connectivity index (χ0v) is 14.3. The molecule has 0 spiro atoms. The van der Waals surface area contributed by atoms with Crippen molar-refractivity contribution in [2.75, 3.05) is 13.2 Å². The molecule has 19 heavy (non-hydrogen) atoms. The van der Waals surface area contributed by atoms with E-state index in [-0.39, 0.29) is 70.3 Å². The van der Waals surface area contributed by atoms with Crippen molar-refractivity contribution in [1.82, 2.24) is 0 Å². The molecule has 0 amide bonds. The SMILES string of the molecule is C=CC(=O)OCCOc1ccccc1S(=O)(=O)[O-].[K+]. The van der Waals surface area contributed by atoms with Crippen LogP contribution in [0.1, 0.15) is 0 Å².